The molecule has 3 fully saturated rings. The zero-order chi connectivity index (χ0) is 45.4. The van der Waals surface area contributed by atoms with E-state index in [0.717, 1.165) is 61.2 Å². The number of imide groups is 1. The predicted octanol–water partition coefficient (Wildman–Crippen LogP) is 7.45. The number of carbonyl (C=O) groups excluding carboxylic acids is 5. The minimum atomic E-state index is -0.544. The number of carbonyl (C=O) groups is 5. The Bertz CT molecular complexity index is 2660. The van der Waals surface area contributed by atoms with Crippen molar-refractivity contribution in [2.24, 2.45) is 11.8 Å². The second kappa shape index (κ2) is 18.6. The van der Waals surface area contributed by atoms with Crippen LogP contribution in [0.3, 0.4) is 0 Å². The fourth-order valence-electron chi connectivity index (χ4n) is 9.93. The number of nitrogens with one attached hydrogen (secondary N) is 2. The van der Waals surface area contributed by atoms with Crippen LogP contribution in [0.2, 0.25) is 5.02 Å². The molecule has 0 bridgehead atoms. The number of halogens is 2. The van der Waals surface area contributed by atoms with Crippen LogP contribution in [-0.2, 0) is 16.1 Å². The van der Waals surface area contributed by atoms with E-state index < -0.39 is 11.8 Å². The van der Waals surface area contributed by atoms with Gasteiger partial charge >= 0.3 is 6.03 Å². The van der Waals surface area contributed by atoms with E-state index in [-0.39, 0.29) is 48.7 Å². The summed E-state index contributed by atoms with van der Waals surface area (Å²) in [6, 6.07) is 18.2. The Morgan fingerprint density at radius 2 is 1.62 bits per heavy atom. The average Bonchev–Trinajstić information content (AvgIpc) is 4.03. The molecular formula is C49H53ClFN9O5. The van der Waals surface area contributed by atoms with Crippen molar-refractivity contribution in [2.45, 2.75) is 51.5 Å². The number of piperidine rings is 2. The van der Waals surface area contributed by atoms with Gasteiger partial charge in [-0.1, -0.05) is 29.8 Å². The van der Waals surface area contributed by atoms with Crippen molar-refractivity contribution in [3.05, 3.63) is 107 Å². The van der Waals surface area contributed by atoms with Crippen LogP contribution in [0.25, 0.3) is 27.6 Å². The van der Waals surface area contributed by atoms with Gasteiger partial charge < -0.3 is 24.6 Å². The lowest BCUT2D eigenvalue weighted by Gasteiger charge is -2.41. The van der Waals surface area contributed by atoms with Crippen LogP contribution in [0.4, 0.5) is 20.6 Å². The number of amides is 6. The average molecular weight is 902 g/mol. The number of aromatic amines is 1. The Kier molecular flexibility index (Phi) is 12.5. The van der Waals surface area contributed by atoms with Crippen LogP contribution in [0, 0.1) is 17.7 Å². The maximum Gasteiger partial charge on any atom is 0.328 e. The Morgan fingerprint density at radius 1 is 0.877 bits per heavy atom. The number of anilines is 2. The zero-order valence-electron chi connectivity index (χ0n) is 36.7. The van der Waals surface area contributed by atoms with Crippen molar-refractivity contribution in [1.29, 1.82) is 0 Å². The van der Waals surface area contributed by atoms with E-state index in [1.165, 1.54) is 9.80 Å². The molecule has 14 nitrogen and oxygen atoms in total. The highest BCUT2D eigenvalue weighted by Crippen LogP contribution is 2.39. The monoisotopic (exact) mass is 901 g/mol. The van der Waals surface area contributed by atoms with Crippen molar-refractivity contribution in [1.82, 2.24) is 34.8 Å². The molecule has 4 aliphatic rings. The molecule has 6 heterocycles. The van der Waals surface area contributed by atoms with Gasteiger partial charge in [0.15, 0.2) is 5.82 Å². The molecule has 3 saturated heterocycles. The topological polar surface area (TPSA) is 147 Å². The summed E-state index contributed by atoms with van der Waals surface area (Å²) in [4.78, 5) is 76.3. The number of rotatable bonds is 10. The van der Waals surface area contributed by atoms with Gasteiger partial charge in [0, 0.05) is 114 Å². The molecule has 9 rings (SSSR count). The van der Waals surface area contributed by atoms with Crippen LogP contribution < -0.4 is 15.1 Å². The van der Waals surface area contributed by atoms with Gasteiger partial charge in [-0.15, -0.1) is 0 Å². The maximum absolute atomic E-state index is 16.6. The highest BCUT2D eigenvalue weighted by molar-refractivity contribution is 6.34. The summed E-state index contributed by atoms with van der Waals surface area (Å²) >= 11 is 6.44. The Morgan fingerprint density at radius 3 is 2.31 bits per heavy atom. The summed E-state index contributed by atoms with van der Waals surface area (Å²) in [5.41, 5.74) is 5.39. The molecule has 4 aliphatic heterocycles. The summed E-state index contributed by atoms with van der Waals surface area (Å²) in [5.74, 6) is -0.0633. The Hall–Kier alpha value is -6.48. The molecule has 16 heteroatoms. The van der Waals surface area contributed by atoms with Gasteiger partial charge in [0.1, 0.15) is 5.69 Å². The molecule has 0 radical (unpaired) electrons. The highest BCUT2D eigenvalue weighted by atomic mass is 35.5. The van der Waals surface area contributed by atoms with Crippen LogP contribution in [0.1, 0.15) is 71.4 Å². The number of hydrogen-bond acceptors (Lipinski definition) is 7. The molecule has 6 amide bonds. The van der Waals surface area contributed by atoms with Gasteiger partial charge in [0.25, 0.3) is 11.8 Å². The molecule has 3 aromatic carbocycles. The quantitative estimate of drug-likeness (QED) is 0.148. The number of likely N-dealkylation sites (tertiary alicyclic amines) is 1. The van der Waals surface area contributed by atoms with E-state index >= 15 is 4.39 Å². The highest BCUT2D eigenvalue weighted by Gasteiger charge is 2.33. The molecule has 338 valence electrons. The van der Waals surface area contributed by atoms with E-state index in [4.69, 9.17) is 11.6 Å². The number of urea groups is 1. The first kappa shape index (κ1) is 43.8. The third-order valence-electron chi connectivity index (χ3n) is 13.6. The number of fused-ring (bicyclic) bond motifs is 1. The van der Waals surface area contributed by atoms with E-state index in [2.05, 4.69) is 44.6 Å². The summed E-state index contributed by atoms with van der Waals surface area (Å²) in [6.45, 7) is 4.66. The maximum atomic E-state index is 16.6. The van der Waals surface area contributed by atoms with Crippen molar-refractivity contribution in [2.75, 3.05) is 69.7 Å². The molecule has 2 aromatic heterocycles. The van der Waals surface area contributed by atoms with Gasteiger partial charge in [0.2, 0.25) is 11.8 Å². The first-order valence-electron chi connectivity index (χ1n) is 22.5. The molecule has 0 spiro atoms. The molecule has 2 N–H and O–H groups in total. The number of H-pyrrole nitrogens is 1. The lowest BCUT2D eigenvalue weighted by atomic mass is 9.78. The van der Waals surface area contributed by atoms with E-state index in [1.54, 1.807) is 54.1 Å². The van der Waals surface area contributed by atoms with Crippen LogP contribution >= 0.6 is 11.6 Å². The number of aromatic nitrogens is 3. The number of benzene rings is 3. The SMILES string of the molecule is CN(C)C(=O)c1cc2c(-c3ccc(N4CCC(C5CCN(C(=O)c6ccc(Cl)c(N7CCC(=O)NC7=O)c6)CC5)CC4)cc3)cc(C3=CCCN(C(=O)CCn4cccn4)C3)c(F)c2[nH]1. The fourth-order valence-corrected chi connectivity index (χ4v) is 10.1. The smallest absolute Gasteiger partial charge is 0.328 e. The molecule has 0 aliphatic carbocycles. The van der Waals surface area contributed by atoms with Crippen LogP contribution in [0.5, 0.6) is 0 Å². The van der Waals surface area contributed by atoms with Crippen molar-refractivity contribution in [3.8, 4) is 11.1 Å². The predicted molar refractivity (Wildman–Crippen MR) is 248 cm³/mol. The largest absolute Gasteiger partial charge is 0.372 e. The summed E-state index contributed by atoms with van der Waals surface area (Å²) in [5, 5.41) is 7.48. The fraction of sp³-hybridized carbons (Fsp3) is 0.388. The Labute approximate surface area is 382 Å². The van der Waals surface area contributed by atoms with Crippen LogP contribution in [-0.4, -0.2) is 119 Å². The van der Waals surface area contributed by atoms with Gasteiger partial charge in [-0.25, -0.2) is 9.18 Å². The molecule has 5 aromatic rings. The molecule has 0 unspecified atom stereocenters. The number of nitrogens with zero attached hydrogens (tertiary/aromatic N) is 7. The number of hydrogen-bond donors (Lipinski definition) is 2. The first-order chi connectivity index (χ1) is 31.4. The molecular weight excluding hydrogens is 849 g/mol. The van der Waals surface area contributed by atoms with Crippen molar-refractivity contribution < 1.29 is 28.4 Å². The summed E-state index contributed by atoms with van der Waals surface area (Å²) in [7, 11) is 3.33. The third-order valence-corrected chi connectivity index (χ3v) is 13.9. The number of aryl methyl sites for hydroxylation is 1. The third kappa shape index (κ3) is 9.11. The second-order valence-electron chi connectivity index (χ2n) is 17.7. The van der Waals surface area contributed by atoms with Gasteiger partial charge in [-0.2, -0.15) is 5.10 Å². The van der Waals surface area contributed by atoms with Gasteiger partial charge in [-0.05, 0) is 109 Å². The van der Waals surface area contributed by atoms with Gasteiger partial charge in [0.05, 0.1) is 16.2 Å². The van der Waals surface area contributed by atoms with E-state index in [0.29, 0.717) is 83.8 Å². The van der Waals surface area contributed by atoms with Gasteiger partial charge in [-0.3, -0.25) is 34.1 Å². The Balaban J connectivity index is 0.851. The molecule has 65 heavy (non-hydrogen) atoms. The van der Waals surface area contributed by atoms with Crippen molar-refractivity contribution >= 4 is 69.1 Å². The zero-order valence-corrected chi connectivity index (χ0v) is 37.5. The summed E-state index contributed by atoms with van der Waals surface area (Å²) < 4.78 is 18.4. The standard InChI is InChI=1S/C49H53ClFN9O5/c1-55(2)48(64)41-29-39-37(28-38(45(51)46(39)53-41)35-5-3-19-58(30-35)44(62)17-25-59-20-4-18-52-59)33-6-9-36(10-7-33)56-21-12-31(13-22-56)32-14-23-57(24-15-32)47(63)34-8-11-40(50)42(27-34)60-26-16-43(61)54-49(60)65/h4-11,18,20,27-29,31-32,53H,3,12-17,19,21-26,30H2,1-2H3,(H,54,61,65). The second-order valence-corrected chi connectivity index (χ2v) is 18.1. The summed E-state index contributed by atoms with van der Waals surface area (Å²) in [6.07, 6.45) is 10.5. The minimum absolute atomic E-state index is 0.0123. The van der Waals surface area contributed by atoms with Crippen LogP contribution in [0.15, 0.2) is 79.1 Å². The lowest BCUT2D eigenvalue weighted by molar-refractivity contribution is -0.131. The molecule has 0 atom stereocenters. The molecule has 0 saturated carbocycles. The van der Waals surface area contributed by atoms with E-state index in [1.807, 2.05) is 29.3 Å². The normalized spacial score (nSPS) is 17.7. The van der Waals surface area contributed by atoms with E-state index in [9.17, 15) is 24.0 Å². The first-order valence-corrected chi connectivity index (χ1v) is 22.9. The minimum Gasteiger partial charge on any atom is -0.372 e. The van der Waals surface area contributed by atoms with Crippen molar-refractivity contribution in [3.63, 3.8) is 0 Å². The lowest BCUT2D eigenvalue weighted by Crippen LogP contribution is -2.49.